The van der Waals surface area contributed by atoms with Crippen molar-refractivity contribution in [3.8, 4) is 0 Å². The van der Waals surface area contributed by atoms with Crippen LogP contribution in [0.25, 0.3) is 0 Å². The van der Waals surface area contributed by atoms with E-state index in [1.807, 2.05) is 42.5 Å². The predicted octanol–water partition coefficient (Wildman–Crippen LogP) is 4.22. The van der Waals surface area contributed by atoms with E-state index in [-0.39, 0.29) is 30.3 Å². The molecular formula is C23H30BrN3O2. The van der Waals surface area contributed by atoms with E-state index >= 15 is 0 Å². The highest BCUT2D eigenvalue weighted by molar-refractivity contribution is 9.10. The molecule has 29 heavy (non-hydrogen) atoms. The Morgan fingerprint density at radius 1 is 0.966 bits per heavy atom. The number of nitrogens with zero attached hydrogens (tertiary/aromatic N) is 1. The number of hydrogen-bond donors (Lipinski definition) is 2. The van der Waals surface area contributed by atoms with Gasteiger partial charge in [-0.15, -0.1) is 0 Å². The molecule has 6 heteroatoms. The highest BCUT2D eigenvalue weighted by atomic mass is 79.9. The van der Waals surface area contributed by atoms with Crippen LogP contribution in [0.2, 0.25) is 0 Å². The van der Waals surface area contributed by atoms with Crippen LogP contribution in [0.5, 0.6) is 0 Å². The second-order valence-electron chi connectivity index (χ2n) is 6.96. The minimum absolute atomic E-state index is 0.0836. The quantitative estimate of drug-likeness (QED) is 0.558. The molecule has 0 heterocycles. The van der Waals surface area contributed by atoms with Crippen LogP contribution in [0, 0.1) is 0 Å². The third kappa shape index (κ3) is 7.29. The number of likely N-dealkylation sites (N-methyl/N-ethyl adjacent to an activating group) is 1. The number of benzene rings is 2. The molecule has 156 valence electrons. The lowest BCUT2D eigenvalue weighted by Gasteiger charge is -2.30. The van der Waals surface area contributed by atoms with Gasteiger partial charge in [-0.25, -0.2) is 0 Å². The molecule has 0 aliphatic heterocycles. The molecular weight excluding hydrogens is 430 g/mol. The molecule has 0 saturated carbocycles. The fourth-order valence-electron chi connectivity index (χ4n) is 3.46. The smallest absolute Gasteiger partial charge is 0.222 e. The van der Waals surface area contributed by atoms with E-state index in [2.05, 4.69) is 57.4 Å². The number of carbonyl (C=O) groups is 2. The molecule has 2 N–H and O–H groups in total. The summed E-state index contributed by atoms with van der Waals surface area (Å²) in [5.74, 6) is -0.240. The van der Waals surface area contributed by atoms with Crippen LogP contribution in [-0.4, -0.2) is 36.3 Å². The molecule has 2 unspecified atom stereocenters. The van der Waals surface area contributed by atoms with Crippen LogP contribution in [0.15, 0.2) is 59.1 Å². The molecule has 2 rings (SSSR count). The van der Waals surface area contributed by atoms with Crippen LogP contribution < -0.4 is 10.6 Å². The Labute approximate surface area is 182 Å². The van der Waals surface area contributed by atoms with E-state index in [0.717, 1.165) is 23.1 Å². The Balaban J connectivity index is 2.07. The zero-order valence-electron chi connectivity index (χ0n) is 17.3. The SMILES string of the molecule is CCN(CC)C(CNC(=O)CC(NC(C)=O)c1ccc(Br)cc1)c1ccccc1. The summed E-state index contributed by atoms with van der Waals surface area (Å²) in [6.07, 6.45) is 0.195. The molecule has 0 aliphatic rings. The first-order valence-electron chi connectivity index (χ1n) is 10.0. The Hall–Kier alpha value is -2.18. The topological polar surface area (TPSA) is 61.4 Å². The minimum atomic E-state index is -0.357. The lowest BCUT2D eigenvalue weighted by Crippen LogP contribution is -2.39. The molecule has 0 spiro atoms. The first-order chi connectivity index (χ1) is 13.9. The van der Waals surface area contributed by atoms with Crippen LogP contribution in [0.4, 0.5) is 0 Å². The van der Waals surface area contributed by atoms with Crippen LogP contribution in [0.1, 0.15) is 50.4 Å². The summed E-state index contributed by atoms with van der Waals surface area (Å²) in [5, 5.41) is 5.96. The maximum absolute atomic E-state index is 12.7. The van der Waals surface area contributed by atoms with Crippen LogP contribution in [-0.2, 0) is 9.59 Å². The van der Waals surface area contributed by atoms with Gasteiger partial charge in [0.15, 0.2) is 0 Å². The van der Waals surface area contributed by atoms with Gasteiger partial charge in [0, 0.05) is 17.9 Å². The Morgan fingerprint density at radius 2 is 1.59 bits per heavy atom. The van der Waals surface area contributed by atoms with Gasteiger partial charge in [-0.2, -0.15) is 0 Å². The fourth-order valence-corrected chi connectivity index (χ4v) is 3.72. The maximum Gasteiger partial charge on any atom is 0.222 e. The van der Waals surface area contributed by atoms with Crippen molar-refractivity contribution in [2.75, 3.05) is 19.6 Å². The third-order valence-electron chi connectivity index (χ3n) is 4.97. The summed E-state index contributed by atoms with van der Waals surface area (Å²) >= 11 is 3.42. The molecule has 0 saturated heterocycles. The number of amides is 2. The van der Waals surface area contributed by atoms with Crippen molar-refractivity contribution in [1.82, 2.24) is 15.5 Å². The van der Waals surface area contributed by atoms with Crippen molar-refractivity contribution >= 4 is 27.7 Å². The van der Waals surface area contributed by atoms with Crippen molar-refractivity contribution in [3.05, 3.63) is 70.2 Å². The lowest BCUT2D eigenvalue weighted by molar-refractivity contribution is -0.123. The zero-order chi connectivity index (χ0) is 21.2. The van der Waals surface area contributed by atoms with Crippen LogP contribution >= 0.6 is 15.9 Å². The molecule has 0 bridgehead atoms. The van der Waals surface area contributed by atoms with E-state index in [0.29, 0.717) is 6.54 Å². The summed E-state index contributed by atoms with van der Waals surface area (Å²) in [7, 11) is 0. The summed E-state index contributed by atoms with van der Waals surface area (Å²) in [4.78, 5) is 26.7. The number of halogens is 1. The molecule has 2 aromatic carbocycles. The number of rotatable bonds is 10. The number of nitrogens with one attached hydrogen (secondary N) is 2. The molecule has 2 amide bonds. The molecule has 2 atom stereocenters. The monoisotopic (exact) mass is 459 g/mol. The second-order valence-corrected chi connectivity index (χ2v) is 7.88. The van der Waals surface area contributed by atoms with E-state index in [9.17, 15) is 9.59 Å². The Kier molecular flexibility index (Phi) is 9.35. The molecule has 0 aliphatic carbocycles. The van der Waals surface area contributed by atoms with E-state index < -0.39 is 0 Å². The number of hydrogen-bond acceptors (Lipinski definition) is 3. The van der Waals surface area contributed by atoms with Gasteiger partial charge in [0.05, 0.1) is 18.5 Å². The van der Waals surface area contributed by atoms with Crippen LogP contribution in [0.3, 0.4) is 0 Å². The van der Waals surface area contributed by atoms with Gasteiger partial charge < -0.3 is 10.6 Å². The second kappa shape index (κ2) is 11.7. The van der Waals surface area contributed by atoms with Crippen molar-refractivity contribution < 1.29 is 9.59 Å². The molecule has 2 aromatic rings. The Morgan fingerprint density at radius 3 is 2.14 bits per heavy atom. The van der Waals surface area contributed by atoms with Gasteiger partial charge in [-0.05, 0) is 36.3 Å². The zero-order valence-corrected chi connectivity index (χ0v) is 18.9. The normalized spacial score (nSPS) is 13.0. The predicted molar refractivity (Wildman–Crippen MR) is 120 cm³/mol. The van der Waals surface area contributed by atoms with Crippen molar-refractivity contribution in [2.24, 2.45) is 0 Å². The highest BCUT2D eigenvalue weighted by Gasteiger charge is 2.21. The fraction of sp³-hybridized carbons (Fsp3) is 0.391. The number of carbonyl (C=O) groups excluding carboxylic acids is 2. The van der Waals surface area contributed by atoms with Crippen molar-refractivity contribution in [1.29, 1.82) is 0 Å². The molecule has 0 fully saturated rings. The molecule has 0 radical (unpaired) electrons. The minimum Gasteiger partial charge on any atom is -0.354 e. The first-order valence-corrected chi connectivity index (χ1v) is 10.8. The molecule has 5 nitrogen and oxygen atoms in total. The standard InChI is InChI=1S/C23H30BrN3O2/c1-4-27(5-2)22(19-9-7-6-8-10-19)16-25-23(29)15-21(26-17(3)28)18-11-13-20(24)14-12-18/h6-14,21-22H,4-5,15-16H2,1-3H3,(H,25,29)(H,26,28). The highest BCUT2D eigenvalue weighted by Crippen LogP contribution is 2.22. The van der Waals surface area contributed by atoms with Gasteiger partial charge in [0.25, 0.3) is 0 Å². The largest absolute Gasteiger partial charge is 0.354 e. The van der Waals surface area contributed by atoms with Crippen molar-refractivity contribution in [3.63, 3.8) is 0 Å². The van der Waals surface area contributed by atoms with Gasteiger partial charge in [-0.3, -0.25) is 14.5 Å². The summed E-state index contributed by atoms with van der Waals surface area (Å²) < 4.78 is 0.956. The van der Waals surface area contributed by atoms with Gasteiger partial charge >= 0.3 is 0 Å². The third-order valence-corrected chi connectivity index (χ3v) is 5.50. The Bertz CT molecular complexity index is 776. The van der Waals surface area contributed by atoms with E-state index in [4.69, 9.17) is 0 Å². The van der Waals surface area contributed by atoms with Gasteiger partial charge in [0.1, 0.15) is 0 Å². The molecule has 0 aromatic heterocycles. The summed E-state index contributed by atoms with van der Waals surface area (Å²) in [6.45, 7) is 8.05. The van der Waals surface area contributed by atoms with E-state index in [1.165, 1.54) is 12.5 Å². The average molecular weight is 460 g/mol. The van der Waals surface area contributed by atoms with Gasteiger partial charge in [-0.1, -0.05) is 72.2 Å². The van der Waals surface area contributed by atoms with Crippen molar-refractivity contribution in [2.45, 2.75) is 39.3 Å². The maximum atomic E-state index is 12.7. The lowest BCUT2D eigenvalue weighted by atomic mass is 10.0. The summed E-state index contributed by atoms with van der Waals surface area (Å²) in [5.41, 5.74) is 2.09. The van der Waals surface area contributed by atoms with E-state index in [1.54, 1.807) is 0 Å². The average Bonchev–Trinajstić information content (AvgIpc) is 2.71. The first kappa shape index (κ1) is 23.1. The van der Waals surface area contributed by atoms with Gasteiger partial charge in [0.2, 0.25) is 11.8 Å². The summed E-state index contributed by atoms with van der Waals surface area (Å²) in [6, 6.07) is 17.6.